The topological polar surface area (TPSA) is 24.9 Å². The molecule has 2 nitrogen and oxygen atoms in total. The molecule has 0 radical (unpaired) electrons. The molecule has 0 atom stereocenters. The lowest BCUT2D eigenvalue weighted by atomic mass is 10.0. The Labute approximate surface area is 143 Å². The Morgan fingerprint density at radius 2 is 1.65 bits per heavy atom. The van der Waals surface area contributed by atoms with Crippen molar-refractivity contribution in [2.24, 2.45) is 0 Å². The predicted molar refractivity (Wildman–Crippen MR) is 99.8 cm³/mol. The van der Waals surface area contributed by atoms with E-state index in [0.29, 0.717) is 0 Å². The largest absolute Gasteiger partial charge is 0.332 e. The highest BCUT2D eigenvalue weighted by molar-refractivity contribution is 7.14. The van der Waals surface area contributed by atoms with E-state index in [2.05, 4.69) is 53.2 Å². The van der Waals surface area contributed by atoms with Crippen molar-refractivity contribution < 1.29 is 0 Å². The van der Waals surface area contributed by atoms with Gasteiger partial charge in [-0.3, -0.25) is 0 Å². The number of rotatable bonds is 3. The summed E-state index contributed by atoms with van der Waals surface area (Å²) >= 11 is 7.51. The minimum absolute atomic E-state index is 0.728. The van der Waals surface area contributed by atoms with Crippen molar-refractivity contribution in [1.29, 1.82) is 0 Å². The number of anilines is 2. The maximum atomic E-state index is 5.91. The van der Waals surface area contributed by atoms with E-state index in [1.807, 2.05) is 24.3 Å². The van der Waals surface area contributed by atoms with E-state index in [1.165, 1.54) is 10.8 Å². The van der Waals surface area contributed by atoms with Gasteiger partial charge in [0, 0.05) is 21.7 Å². The molecule has 0 bridgehead atoms. The highest BCUT2D eigenvalue weighted by Crippen LogP contribution is 2.32. The van der Waals surface area contributed by atoms with E-state index in [-0.39, 0.29) is 0 Å². The van der Waals surface area contributed by atoms with Gasteiger partial charge in [0.15, 0.2) is 5.13 Å². The summed E-state index contributed by atoms with van der Waals surface area (Å²) in [5, 5.41) is 9.45. The first kappa shape index (κ1) is 14.2. The molecule has 1 aromatic heterocycles. The van der Waals surface area contributed by atoms with Crippen molar-refractivity contribution in [3.05, 3.63) is 77.1 Å². The second-order valence-corrected chi connectivity index (χ2v) is 6.49. The average Bonchev–Trinajstić information content (AvgIpc) is 3.05. The summed E-state index contributed by atoms with van der Waals surface area (Å²) in [5.41, 5.74) is 3.12. The Kier molecular flexibility index (Phi) is 3.74. The van der Waals surface area contributed by atoms with Gasteiger partial charge in [-0.25, -0.2) is 4.98 Å². The zero-order valence-corrected chi connectivity index (χ0v) is 13.7. The molecular formula is C19H13ClN2S. The summed E-state index contributed by atoms with van der Waals surface area (Å²) in [7, 11) is 0. The van der Waals surface area contributed by atoms with Gasteiger partial charge in [-0.05, 0) is 35.0 Å². The molecule has 0 fully saturated rings. The summed E-state index contributed by atoms with van der Waals surface area (Å²) in [6, 6.07) is 22.3. The average molecular weight is 337 g/mol. The number of halogens is 1. The van der Waals surface area contributed by atoms with Crippen molar-refractivity contribution in [3.63, 3.8) is 0 Å². The zero-order valence-electron chi connectivity index (χ0n) is 12.2. The van der Waals surface area contributed by atoms with E-state index >= 15 is 0 Å². The van der Waals surface area contributed by atoms with Crippen LogP contribution in [0.3, 0.4) is 0 Å². The van der Waals surface area contributed by atoms with Crippen LogP contribution in [0.15, 0.2) is 72.1 Å². The minimum atomic E-state index is 0.728. The zero-order chi connectivity index (χ0) is 15.6. The third kappa shape index (κ3) is 2.93. The number of hydrogen-bond acceptors (Lipinski definition) is 3. The SMILES string of the molecule is Clc1ccc(Nc2nc(-c3cccc4ccccc34)cs2)cc1. The second-order valence-electron chi connectivity index (χ2n) is 5.20. The van der Waals surface area contributed by atoms with Gasteiger partial charge in [0.25, 0.3) is 0 Å². The molecular weight excluding hydrogens is 324 g/mol. The van der Waals surface area contributed by atoms with Gasteiger partial charge in [-0.15, -0.1) is 11.3 Å². The lowest BCUT2D eigenvalue weighted by Gasteiger charge is -2.04. The van der Waals surface area contributed by atoms with Crippen LogP contribution in [0, 0.1) is 0 Å². The molecule has 0 amide bonds. The van der Waals surface area contributed by atoms with Gasteiger partial charge in [0.2, 0.25) is 0 Å². The Bertz CT molecular complexity index is 955. The summed E-state index contributed by atoms with van der Waals surface area (Å²) in [4.78, 5) is 4.72. The quantitative estimate of drug-likeness (QED) is 0.470. The lowest BCUT2D eigenvalue weighted by molar-refractivity contribution is 1.39. The van der Waals surface area contributed by atoms with Crippen LogP contribution in [0.4, 0.5) is 10.8 Å². The summed E-state index contributed by atoms with van der Waals surface area (Å²) in [6.45, 7) is 0. The molecule has 0 saturated heterocycles. The predicted octanol–water partition coefficient (Wildman–Crippen LogP) is 6.36. The van der Waals surface area contributed by atoms with E-state index in [4.69, 9.17) is 16.6 Å². The third-order valence-corrected chi connectivity index (χ3v) is 4.67. The summed E-state index contributed by atoms with van der Waals surface area (Å²) < 4.78 is 0. The molecule has 4 heteroatoms. The molecule has 1 heterocycles. The Morgan fingerprint density at radius 3 is 2.52 bits per heavy atom. The van der Waals surface area contributed by atoms with Crippen LogP contribution in [0.5, 0.6) is 0 Å². The van der Waals surface area contributed by atoms with Crippen LogP contribution in [0.25, 0.3) is 22.0 Å². The minimum Gasteiger partial charge on any atom is -0.332 e. The van der Waals surface area contributed by atoms with Gasteiger partial charge < -0.3 is 5.32 Å². The first-order valence-corrected chi connectivity index (χ1v) is 8.52. The molecule has 112 valence electrons. The molecule has 4 rings (SSSR count). The smallest absolute Gasteiger partial charge is 0.187 e. The standard InChI is InChI=1S/C19H13ClN2S/c20-14-8-10-15(11-9-14)21-19-22-18(12-23-19)17-7-3-5-13-4-1-2-6-16(13)17/h1-12H,(H,21,22). The number of thiazole rings is 1. The number of hydrogen-bond donors (Lipinski definition) is 1. The molecule has 23 heavy (non-hydrogen) atoms. The number of aromatic nitrogens is 1. The van der Waals surface area contributed by atoms with E-state index in [1.54, 1.807) is 11.3 Å². The van der Waals surface area contributed by atoms with Crippen molar-refractivity contribution in [2.75, 3.05) is 5.32 Å². The van der Waals surface area contributed by atoms with Crippen LogP contribution in [0.2, 0.25) is 5.02 Å². The third-order valence-electron chi connectivity index (χ3n) is 3.67. The van der Waals surface area contributed by atoms with E-state index in [9.17, 15) is 0 Å². The Balaban J connectivity index is 1.68. The van der Waals surface area contributed by atoms with E-state index < -0.39 is 0 Å². The van der Waals surface area contributed by atoms with Crippen LogP contribution in [-0.2, 0) is 0 Å². The Morgan fingerprint density at radius 1 is 0.870 bits per heavy atom. The van der Waals surface area contributed by atoms with Gasteiger partial charge in [0.1, 0.15) is 0 Å². The van der Waals surface area contributed by atoms with Crippen LogP contribution in [0.1, 0.15) is 0 Å². The molecule has 0 aliphatic carbocycles. The van der Waals surface area contributed by atoms with Crippen LogP contribution < -0.4 is 5.32 Å². The number of benzene rings is 3. The van der Waals surface area contributed by atoms with Crippen molar-refractivity contribution in [1.82, 2.24) is 4.98 Å². The van der Waals surface area contributed by atoms with Crippen LogP contribution in [-0.4, -0.2) is 4.98 Å². The lowest BCUT2D eigenvalue weighted by Crippen LogP contribution is -1.89. The molecule has 0 spiro atoms. The highest BCUT2D eigenvalue weighted by atomic mass is 35.5. The molecule has 0 aliphatic rings. The monoisotopic (exact) mass is 336 g/mol. The second kappa shape index (κ2) is 6.03. The van der Waals surface area contributed by atoms with Gasteiger partial charge in [-0.1, -0.05) is 54.1 Å². The van der Waals surface area contributed by atoms with Crippen molar-refractivity contribution in [2.45, 2.75) is 0 Å². The van der Waals surface area contributed by atoms with E-state index in [0.717, 1.165) is 27.1 Å². The van der Waals surface area contributed by atoms with Gasteiger partial charge >= 0.3 is 0 Å². The number of nitrogens with zero attached hydrogens (tertiary/aromatic N) is 1. The molecule has 4 aromatic rings. The number of nitrogens with one attached hydrogen (secondary N) is 1. The first-order chi connectivity index (χ1) is 11.3. The number of fused-ring (bicyclic) bond motifs is 1. The van der Waals surface area contributed by atoms with Gasteiger partial charge in [0.05, 0.1) is 5.69 Å². The summed E-state index contributed by atoms with van der Waals surface area (Å²) in [6.07, 6.45) is 0. The maximum absolute atomic E-state index is 5.91. The maximum Gasteiger partial charge on any atom is 0.187 e. The van der Waals surface area contributed by atoms with Crippen molar-refractivity contribution in [3.8, 4) is 11.3 Å². The molecule has 0 saturated carbocycles. The summed E-state index contributed by atoms with van der Waals surface area (Å²) in [5.74, 6) is 0. The Hall–Kier alpha value is -2.36. The molecule has 3 aromatic carbocycles. The van der Waals surface area contributed by atoms with Crippen LogP contribution >= 0.6 is 22.9 Å². The molecule has 1 N–H and O–H groups in total. The normalized spacial score (nSPS) is 10.8. The molecule has 0 aliphatic heterocycles. The molecule has 0 unspecified atom stereocenters. The fourth-order valence-electron chi connectivity index (χ4n) is 2.56. The highest BCUT2D eigenvalue weighted by Gasteiger charge is 2.08. The van der Waals surface area contributed by atoms with Gasteiger partial charge in [-0.2, -0.15) is 0 Å². The fraction of sp³-hybridized carbons (Fsp3) is 0. The van der Waals surface area contributed by atoms with Crippen molar-refractivity contribution >= 4 is 44.5 Å². The first-order valence-electron chi connectivity index (χ1n) is 7.26. The fourth-order valence-corrected chi connectivity index (χ4v) is 3.42.